The first-order chi connectivity index (χ1) is 9.61. The zero-order chi connectivity index (χ0) is 14.2. The molecule has 0 aromatic heterocycles. The summed E-state index contributed by atoms with van der Waals surface area (Å²) in [6.45, 7) is 1.41. The second-order valence-electron chi connectivity index (χ2n) is 5.28. The summed E-state index contributed by atoms with van der Waals surface area (Å²) in [5.41, 5.74) is 1.28. The van der Waals surface area contributed by atoms with E-state index >= 15 is 0 Å². The van der Waals surface area contributed by atoms with Gasteiger partial charge in [0.1, 0.15) is 11.6 Å². The Hall–Kier alpha value is -1.26. The number of hydrogen-bond donors (Lipinski definition) is 1. The lowest BCUT2D eigenvalue weighted by molar-refractivity contribution is 0.265. The maximum Gasteiger partial charge on any atom is 0.127 e. The lowest BCUT2D eigenvalue weighted by Crippen LogP contribution is -2.58. The fraction of sp³-hybridized carbons (Fsp3) is 0.250. The van der Waals surface area contributed by atoms with Gasteiger partial charge in [-0.2, -0.15) is 0 Å². The second kappa shape index (κ2) is 5.26. The van der Waals surface area contributed by atoms with Crippen molar-refractivity contribution in [1.82, 2.24) is 5.32 Å². The van der Waals surface area contributed by atoms with Gasteiger partial charge >= 0.3 is 0 Å². The molecule has 0 aliphatic carbocycles. The van der Waals surface area contributed by atoms with Gasteiger partial charge in [-0.3, -0.25) is 0 Å². The molecule has 104 valence electrons. The summed E-state index contributed by atoms with van der Waals surface area (Å²) in [4.78, 5) is 0. The minimum absolute atomic E-state index is 0.193. The lowest BCUT2D eigenvalue weighted by Gasteiger charge is -2.43. The SMILES string of the molecule is Fc1ccc(Br)c(CC2(c3ccccc3F)CNC2)c1. The predicted molar refractivity (Wildman–Crippen MR) is 78.8 cm³/mol. The van der Waals surface area contributed by atoms with Gasteiger partial charge in [-0.15, -0.1) is 0 Å². The molecule has 1 saturated heterocycles. The normalized spacial score (nSPS) is 16.8. The molecule has 0 atom stereocenters. The molecule has 1 heterocycles. The Balaban J connectivity index is 1.98. The van der Waals surface area contributed by atoms with E-state index in [1.54, 1.807) is 12.1 Å². The molecular weight excluding hydrogens is 324 g/mol. The Morgan fingerprint density at radius 3 is 2.50 bits per heavy atom. The largest absolute Gasteiger partial charge is 0.315 e. The number of halogens is 3. The van der Waals surface area contributed by atoms with Crippen molar-refractivity contribution in [3.63, 3.8) is 0 Å². The first kappa shape index (κ1) is 13.7. The third-order valence-corrected chi connectivity index (χ3v) is 4.68. The van der Waals surface area contributed by atoms with Crippen LogP contribution in [0.2, 0.25) is 0 Å². The average Bonchev–Trinajstić information content (AvgIpc) is 2.39. The van der Waals surface area contributed by atoms with E-state index in [2.05, 4.69) is 21.2 Å². The van der Waals surface area contributed by atoms with Crippen LogP contribution >= 0.6 is 15.9 Å². The minimum Gasteiger partial charge on any atom is -0.315 e. The standard InChI is InChI=1S/C16H14BrF2N/c17-14-6-5-12(18)7-11(14)8-16(9-20-10-16)13-3-1-2-4-15(13)19/h1-7,20H,8-10H2. The van der Waals surface area contributed by atoms with Crippen molar-refractivity contribution in [2.24, 2.45) is 0 Å². The van der Waals surface area contributed by atoms with Crippen molar-refractivity contribution in [1.29, 1.82) is 0 Å². The van der Waals surface area contributed by atoms with Crippen LogP contribution in [0.5, 0.6) is 0 Å². The molecule has 0 bridgehead atoms. The monoisotopic (exact) mass is 337 g/mol. The van der Waals surface area contributed by atoms with Gasteiger partial charge in [-0.1, -0.05) is 34.1 Å². The van der Waals surface area contributed by atoms with E-state index in [4.69, 9.17) is 0 Å². The van der Waals surface area contributed by atoms with Crippen molar-refractivity contribution < 1.29 is 8.78 Å². The van der Waals surface area contributed by atoms with Crippen LogP contribution in [0.3, 0.4) is 0 Å². The number of benzene rings is 2. The van der Waals surface area contributed by atoms with Gasteiger partial charge in [0.05, 0.1) is 0 Å². The molecule has 4 heteroatoms. The van der Waals surface area contributed by atoms with Crippen LogP contribution in [0.1, 0.15) is 11.1 Å². The fourth-order valence-electron chi connectivity index (χ4n) is 2.77. The molecule has 20 heavy (non-hydrogen) atoms. The van der Waals surface area contributed by atoms with Crippen LogP contribution in [-0.4, -0.2) is 13.1 Å². The number of nitrogens with one attached hydrogen (secondary N) is 1. The van der Waals surface area contributed by atoms with Crippen molar-refractivity contribution in [3.05, 3.63) is 69.7 Å². The van der Waals surface area contributed by atoms with Gasteiger partial charge in [0.25, 0.3) is 0 Å². The minimum atomic E-state index is -0.290. The highest BCUT2D eigenvalue weighted by Gasteiger charge is 2.40. The van der Waals surface area contributed by atoms with Crippen molar-refractivity contribution in [2.45, 2.75) is 11.8 Å². The lowest BCUT2D eigenvalue weighted by atomic mass is 9.71. The van der Waals surface area contributed by atoms with Crippen molar-refractivity contribution >= 4 is 15.9 Å². The third kappa shape index (κ3) is 2.38. The Labute approximate surface area is 125 Å². The molecule has 1 aliphatic rings. The van der Waals surface area contributed by atoms with Crippen LogP contribution in [0.4, 0.5) is 8.78 Å². The highest BCUT2D eigenvalue weighted by molar-refractivity contribution is 9.10. The molecule has 0 amide bonds. The van der Waals surface area contributed by atoms with Gasteiger partial charge in [-0.25, -0.2) is 8.78 Å². The van der Waals surface area contributed by atoms with E-state index in [0.717, 1.165) is 10.0 Å². The zero-order valence-electron chi connectivity index (χ0n) is 10.8. The summed E-state index contributed by atoms with van der Waals surface area (Å²) in [6, 6.07) is 11.5. The average molecular weight is 338 g/mol. The molecule has 1 fully saturated rings. The van der Waals surface area contributed by atoms with E-state index in [-0.39, 0.29) is 17.0 Å². The molecule has 0 unspecified atom stereocenters. The van der Waals surface area contributed by atoms with Crippen LogP contribution in [-0.2, 0) is 11.8 Å². The first-order valence-corrected chi connectivity index (χ1v) is 7.30. The predicted octanol–water partition coefficient (Wildman–Crippen LogP) is 3.81. The Bertz CT molecular complexity index is 638. The van der Waals surface area contributed by atoms with Gasteiger partial charge in [-0.05, 0) is 41.8 Å². The summed E-state index contributed by atoms with van der Waals surface area (Å²) in [5.74, 6) is -0.458. The molecule has 3 rings (SSSR count). The highest BCUT2D eigenvalue weighted by atomic mass is 79.9. The summed E-state index contributed by atoms with van der Waals surface area (Å²) >= 11 is 3.45. The maximum atomic E-state index is 14.1. The van der Waals surface area contributed by atoms with Crippen LogP contribution in [0.15, 0.2) is 46.9 Å². The highest BCUT2D eigenvalue weighted by Crippen LogP contribution is 2.36. The quantitative estimate of drug-likeness (QED) is 0.897. The molecule has 0 radical (unpaired) electrons. The van der Waals surface area contributed by atoms with Crippen LogP contribution in [0, 0.1) is 11.6 Å². The summed E-state index contributed by atoms with van der Waals surface area (Å²) in [6.07, 6.45) is 0.610. The molecule has 0 spiro atoms. The molecular formula is C16H14BrF2N. The molecule has 1 N–H and O–H groups in total. The Kier molecular flexibility index (Phi) is 3.61. The molecule has 1 nitrogen and oxygen atoms in total. The van der Waals surface area contributed by atoms with Crippen molar-refractivity contribution in [2.75, 3.05) is 13.1 Å². The van der Waals surface area contributed by atoms with Gasteiger partial charge in [0, 0.05) is 23.0 Å². The van der Waals surface area contributed by atoms with Crippen LogP contribution in [0.25, 0.3) is 0 Å². The van der Waals surface area contributed by atoms with E-state index in [9.17, 15) is 8.78 Å². The smallest absolute Gasteiger partial charge is 0.127 e. The number of hydrogen-bond acceptors (Lipinski definition) is 1. The zero-order valence-corrected chi connectivity index (χ0v) is 12.4. The number of rotatable bonds is 3. The summed E-state index contributed by atoms with van der Waals surface area (Å²) < 4.78 is 28.4. The maximum absolute atomic E-state index is 14.1. The summed E-state index contributed by atoms with van der Waals surface area (Å²) in [7, 11) is 0. The second-order valence-corrected chi connectivity index (χ2v) is 6.13. The van der Waals surface area contributed by atoms with E-state index < -0.39 is 0 Å². The third-order valence-electron chi connectivity index (χ3n) is 3.91. The van der Waals surface area contributed by atoms with E-state index in [1.165, 1.54) is 18.2 Å². The molecule has 2 aromatic carbocycles. The molecule has 1 aliphatic heterocycles. The molecule has 0 saturated carbocycles. The van der Waals surface area contributed by atoms with E-state index in [1.807, 2.05) is 12.1 Å². The van der Waals surface area contributed by atoms with Crippen molar-refractivity contribution in [3.8, 4) is 0 Å². The van der Waals surface area contributed by atoms with E-state index in [0.29, 0.717) is 25.1 Å². The van der Waals surface area contributed by atoms with Gasteiger partial charge in [0.15, 0.2) is 0 Å². The molecule has 2 aromatic rings. The summed E-state index contributed by atoms with van der Waals surface area (Å²) in [5, 5.41) is 3.21. The first-order valence-electron chi connectivity index (χ1n) is 6.50. The Morgan fingerprint density at radius 2 is 1.85 bits per heavy atom. The van der Waals surface area contributed by atoms with Gasteiger partial charge < -0.3 is 5.32 Å². The fourth-order valence-corrected chi connectivity index (χ4v) is 3.16. The van der Waals surface area contributed by atoms with Crippen LogP contribution < -0.4 is 5.32 Å². The Morgan fingerprint density at radius 1 is 1.10 bits per heavy atom. The topological polar surface area (TPSA) is 12.0 Å². The van der Waals surface area contributed by atoms with Gasteiger partial charge in [0.2, 0.25) is 0 Å².